The van der Waals surface area contributed by atoms with E-state index in [2.05, 4.69) is 34.7 Å². The van der Waals surface area contributed by atoms with Gasteiger partial charge in [0.25, 0.3) is 0 Å². The van der Waals surface area contributed by atoms with Gasteiger partial charge in [0.15, 0.2) is 17.0 Å². The van der Waals surface area contributed by atoms with E-state index in [1.807, 2.05) is 0 Å². The van der Waals surface area contributed by atoms with Crippen LogP contribution in [0.1, 0.15) is 136 Å². The lowest BCUT2D eigenvalue weighted by atomic mass is 9.98. The van der Waals surface area contributed by atoms with Gasteiger partial charge in [0.2, 0.25) is 5.60 Å². The highest BCUT2D eigenvalue weighted by Gasteiger charge is 2.52. The summed E-state index contributed by atoms with van der Waals surface area (Å²) in [7, 11) is 0. The fourth-order valence-corrected chi connectivity index (χ4v) is 5.58. The predicted octanol–water partition coefficient (Wildman–Crippen LogP) is 6.97. The van der Waals surface area contributed by atoms with Gasteiger partial charge in [-0.2, -0.15) is 14.4 Å². The Morgan fingerprint density at radius 3 is 2.16 bits per heavy atom. The molecule has 44 heavy (non-hydrogen) atoms. The zero-order chi connectivity index (χ0) is 31.8. The van der Waals surface area contributed by atoms with Crippen LogP contribution in [-0.2, 0) is 23.8 Å². The molecule has 3 heterocycles. The third-order valence-electron chi connectivity index (χ3n) is 8.20. The van der Waals surface area contributed by atoms with Crippen LogP contribution >= 0.6 is 0 Å². The zero-order valence-electron chi connectivity index (χ0n) is 26.5. The maximum Gasteiger partial charge on any atom is 0.312 e. The van der Waals surface area contributed by atoms with Crippen LogP contribution in [0.4, 0.5) is 10.2 Å². The molecule has 0 aromatic carbocycles. The molecule has 2 N–H and O–H groups in total. The monoisotopic (exact) mass is 615 g/mol. The molecule has 1 aliphatic rings. The van der Waals surface area contributed by atoms with Crippen LogP contribution in [0, 0.1) is 18.4 Å². The van der Waals surface area contributed by atoms with Crippen LogP contribution in [0.2, 0.25) is 0 Å². The zero-order valence-corrected chi connectivity index (χ0v) is 26.5. The van der Waals surface area contributed by atoms with Gasteiger partial charge >= 0.3 is 18.0 Å². The number of carbonyl (C=O) groups excluding carboxylic acids is 2. The first-order valence-electron chi connectivity index (χ1n) is 16.5. The largest absolute Gasteiger partial charge is 0.461 e. The smallest absolute Gasteiger partial charge is 0.312 e. The highest BCUT2D eigenvalue weighted by Crippen LogP contribution is 2.40. The Labute approximate surface area is 261 Å². The summed E-state index contributed by atoms with van der Waals surface area (Å²) >= 11 is 0. The van der Waals surface area contributed by atoms with Gasteiger partial charge in [-0.3, -0.25) is 14.2 Å². The summed E-state index contributed by atoms with van der Waals surface area (Å²) in [6, 6.07) is 0. The molecule has 1 saturated heterocycles. The van der Waals surface area contributed by atoms with Gasteiger partial charge in [0.1, 0.15) is 18.9 Å². The first-order chi connectivity index (χ1) is 21.3. The summed E-state index contributed by atoms with van der Waals surface area (Å²) in [6.45, 7) is 4.04. The number of imidazole rings is 1. The summed E-state index contributed by atoms with van der Waals surface area (Å²) in [5.74, 6) is 1.69. The number of esters is 2. The van der Waals surface area contributed by atoms with Gasteiger partial charge in [0.05, 0.1) is 6.33 Å². The molecule has 1 aliphatic heterocycles. The molecule has 0 saturated carbocycles. The number of aromatic nitrogens is 4. The fraction of sp³-hybridized carbons (Fsp3) is 0.727. The lowest BCUT2D eigenvalue weighted by Gasteiger charge is -2.28. The number of hydrogen-bond donors (Lipinski definition) is 1. The first kappa shape index (κ1) is 35.2. The summed E-state index contributed by atoms with van der Waals surface area (Å²) in [4.78, 5) is 37.0. The van der Waals surface area contributed by atoms with Crippen molar-refractivity contribution in [3.63, 3.8) is 0 Å². The molecule has 0 radical (unpaired) electrons. The standard InChI is InChI=1S/C33H50FN5O5/c1-4-7-9-11-12-13-14-15-16-17-19-21-28(41)43-25-22-26(39-24-36-29-30(35)37-32(34)38-31(29)39)44-33(25,6-3)23-42-27(40)20-18-10-8-5-2/h3,24-26H,4-5,7-23H2,1-2H3,(H2,35,37,38)/t25-,26+,33+/m0/s1. The van der Waals surface area contributed by atoms with Crippen LogP contribution in [0.15, 0.2) is 6.33 Å². The molecule has 2 aromatic heterocycles. The summed E-state index contributed by atoms with van der Waals surface area (Å²) < 4.78 is 33.2. The number of ether oxygens (including phenoxy) is 3. The number of fused-ring (bicyclic) bond motifs is 1. The molecule has 0 unspecified atom stereocenters. The van der Waals surface area contributed by atoms with Crippen molar-refractivity contribution < 1.29 is 28.2 Å². The highest BCUT2D eigenvalue weighted by molar-refractivity contribution is 5.81. The maximum absolute atomic E-state index is 14.0. The SMILES string of the molecule is C#C[C@]1(COC(=O)CCCCCC)O[C@@H](n2cnc3c(N)nc(F)nc32)C[C@@H]1OC(=O)CCCCCCCCCCCCC. The second-order valence-electron chi connectivity index (χ2n) is 11.8. The number of halogens is 1. The average molecular weight is 616 g/mol. The third kappa shape index (κ3) is 10.4. The van der Waals surface area contributed by atoms with E-state index in [1.165, 1.54) is 62.3 Å². The van der Waals surface area contributed by atoms with Crippen LogP contribution in [0.3, 0.4) is 0 Å². The van der Waals surface area contributed by atoms with Gasteiger partial charge in [-0.25, -0.2) is 4.98 Å². The van der Waals surface area contributed by atoms with Crippen LogP contribution in [-0.4, -0.2) is 49.8 Å². The summed E-state index contributed by atoms with van der Waals surface area (Å²) in [6.07, 6.45) is 21.9. The van der Waals surface area contributed by atoms with Gasteiger partial charge < -0.3 is 19.9 Å². The molecular formula is C33H50FN5O5. The van der Waals surface area contributed by atoms with Gasteiger partial charge in [-0.15, -0.1) is 6.42 Å². The molecule has 2 aromatic rings. The van der Waals surface area contributed by atoms with Crippen molar-refractivity contribution in [2.45, 2.75) is 147 Å². The summed E-state index contributed by atoms with van der Waals surface area (Å²) in [5.41, 5.74) is 4.61. The molecule has 0 bridgehead atoms. The maximum atomic E-state index is 14.0. The average Bonchev–Trinajstić information content (AvgIpc) is 3.59. The predicted molar refractivity (Wildman–Crippen MR) is 167 cm³/mol. The van der Waals surface area contributed by atoms with E-state index in [4.69, 9.17) is 26.4 Å². The lowest BCUT2D eigenvalue weighted by Crippen LogP contribution is -2.45. The molecule has 10 nitrogen and oxygen atoms in total. The number of unbranched alkanes of at least 4 members (excludes halogenated alkanes) is 13. The molecule has 1 fully saturated rings. The minimum absolute atomic E-state index is 0.112. The number of terminal acetylenes is 1. The molecule has 0 amide bonds. The Morgan fingerprint density at radius 1 is 0.977 bits per heavy atom. The van der Waals surface area contributed by atoms with E-state index in [0.717, 1.165) is 32.1 Å². The van der Waals surface area contributed by atoms with Crippen molar-refractivity contribution in [3.8, 4) is 12.3 Å². The summed E-state index contributed by atoms with van der Waals surface area (Å²) in [5, 5.41) is 0. The number of nitrogen functional groups attached to an aromatic ring is 1. The topological polar surface area (TPSA) is 131 Å². The molecule has 0 aliphatic carbocycles. The van der Waals surface area contributed by atoms with Gasteiger partial charge in [-0.1, -0.05) is 103 Å². The second kappa shape index (κ2) is 18.5. The van der Waals surface area contributed by atoms with E-state index < -0.39 is 35.9 Å². The Balaban J connectivity index is 1.59. The van der Waals surface area contributed by atoms with Crippen molar-refractivity contribution in [1.82, 2.24) is 19.5 Å². The van der Waals surface area contributed by atoms with Gasteiger partial charge in [-0.05, 0) is 12.8 Å². The number of nitrogens with two attached hydrogens (primary N) is 1. The number of anilines is 1. The minimum atomic E-state index is -1.54. The van der Waals surface area contributed by atoms with E-state index in [0.29, 0.717) is 12.8 Å². The van der Waals surface area contributed by atoms with E-state index in [1.54, 1.807) is 0 Å². The van der Waals surface area contributed by atoms with Gasteiger partial charge in [0, 0.05) is 19.3 Å². The number of nitrogens with zero attached hydrogens (tertiary/aromatic N) is 4. The third-order valence-corrected chi connectivity index (χ3v) is 8.20. The Kier molecular flexibility index (Phi) is 14.8. The fourth-order valence-electron chi connectivity index (χ4n) is 5.58. The normalized spacial score (nSPS) is 19.7. The van der Waals surface area contributed by atoms with E-state index >= 15 is 0 Å². The Bertz CT molecular complexity index is 1230. The number of rotatable bonds is 21. The first-order valence-corrected chi connectivity index (χ1v) is 16.5. The van der Waals surface area contributed by atoms with Crippen LogP contribution < -0.4 is 5.73 Å². The van der Waals surface area contributed by atoms with Crippen molar-refractivity contribution >= 4 is 28.9 Å². The quantitative estimate of drug-likeness (QED) is 0.0685. The van der Waals surface area contributed by atoms with Crippen molar-refractivity contribution in [2.75, 3.05) is 12.3 Å². The molecule has 244 valence electrons. The van der Waals surface area contributed by atoms with Crippen LogP contribution in [0.25, 0.3) is 11.2 Å². The second-order valence-corrected chi connectivity index (χ2v) is 11.8. The molecular weight excluding hydrogens is 565 g/mol. The van der Waals surface area contributed by atoms with E-state index in [-0.39, 0.29) is 42.9 Å². The molecule has 3 atom stereocenters. The molecule has 3 rings (SSSR count). The Morgan fingerprint density at radius 2 is 1.55 bits per heavy atom. The Hall–Kier alpha value is -3.26. The molecule has 0 spiro atoms. The molecule has 11 heteroatoms. The lowest BCUT2D eigenvalue weighted by molar-refractivity contribution is -0.166. The van der Waals surface area contributed by atoms with Crippen molar-refractivity contribution in [2.24, 2.45) is 0 Å². The number of hydrogen-bond acceptors (Lipinski definition) is 9. The number of carbonyl (C=O) groups is 2. The van der Waals surface area contributed by atoms with Crippen molar-refractivity contribution in [3.05, 3.63) is 12.4 Å². The van der Waals surface area contributed by atoms with Crippen molar-refractivity contribution in [1.29, 1.82) is 0 Å². The van der Waals surface area contributed by atoms with Crippen LogP contribution in [0.5, 0.6) is 0 Å². The van der Waals surface area contributed by atoms with E-state index in [9.17, 15) is 14.0 Å². The highest BCUT2D eigenvalue weighted by atomic mass is 19.1. The minimum Gasteiger partial charge on any atom is -0.461 e.